The number of halogens is 4. The summed E-state index contributed by atoms with van der Waals surface area (Å²) in [4.78, 5) is 0.640. The van der Waals surface area contributed by atoms with E-state index in [2.05, 4.69) is 20.8 Å². The third-order valence-electron chi connectivity index (χ3n) is 3.97. The average Bonchev–Trinajstić information content (AvgIpc) is 2.47. The number of hydrogen-bond acceptors (Lipinski definition) is 2. The molecule has 20 heavy (non-hydrogen) atoms. The Labute approximate surface area is 144 Å². The highest BCUT2D eigenvalue weighted by molar-refractivity contribution is 7.99. The van der Waals surface area contributed by atoms with Crippen molar-refractivity contribution >= 4 is 58.2 Å². The van der Waals surface area contributed by atoms with Gasteiger partial charge >= 0.3 is 0 Å². The highest BCUT2D eigenvalue weighted by Crippen LogP contribution is 2.50. The third-order valence-corrected chi connectivity index (χ3v) is 7.34. The van der Waals surface area contributed by atoms with Gasteiger partial charge in [-0.25, -0.2) is 0 Å². The van der Waals surface area contributed by atoms with Crippen LogP contribution in [-0.4, -0.2) is 10.9 Å². The molecule has 0 saturated heterocycles. The van der Waals surface area contributed by atoms with Crippen molar-refractivity contribution in [1.82, 2.24) is 0 Å². The second-order valence-corrected chi connectivity index (χ2v) is 7.28. The van der Waals surface area contributed by atoms with Crippen molar-refractivity contribution in [2.45, 2.75) is 44.9 Å². The number of thioether (sulfide) groups is 1. The van der Waals surface area contributed by atoms with Crippen molar-refractivity contribution in [3.8, 4) is 5.75 Å². The van der Waals surface area contributed by atoms with Gasteiger partial charge in [0.15, 0.2) is 5.75 Å². The van der Waals surface area contributed by atoms with Crippen molar-refractivity contribution in [2.24, 2.45) is 5.41 Å². The smallest absolute Gasteiger partial charge is 0.155 e. The number of hydrogen-bond donors (Lipinski definition) is 1. The molecule has 0 aromatic heterocycles. The van der Waals surface area contributed by atoms with Crippen molar-refractivity contribution in [3.05, 3.63) is 20.1 Å². The molecule has 1 N–H and O–H groups in total. The topological polar surface area (TPSA) is 20.2 Å². The zero-order chi connectivity index (χ0) is 15.5. The molecule has 0 fully saturated rings. The lowest BCUT2D eigenvalue weighted by Gasteiger charge is -2.30. The van der Waals surface area contributed by atoms with Crippen LogP contribution in [-0.2, 0) is 0 Å². The molecule has 0 radical (unpaired) electrons. The predicted molar refractivity (Wildman–Crippen MR) is 92.2 cm³/mol. The Kier molecular flexibility index (Phi) is 7.14. The van der Waals surface area contributed by atoms with Crippen molar-refractivity contribution in [3.63, 3.8) is 0 Å². The zero-order valence-corrected chi connectivity index (χ0v) is 15.5. The van der Waals surface area contributed by atoms with Gasteiger partial charge in [-0.1, -0.05) is 67.2 Å². The summed E-state index contributed by atoms with van der Waals surface area (Å²) in [5.74, 6) is 0.619. The largest absolute Gasteiger partial charge is 0.505 e. The monoisotopic (exact) mass is 374 g/mol. The van der Waals surface area contributed by atoms with E-state index in [0.29, 0.717) is 4.90 Å². The molecule has 0 amide bonds. The Bertz CT molecular complexity index is 449. The summed E-state index contributed by atoms with van der Waals surface area (Å²) in [6, 6.07) is 0. The van der Waals surface area contributed by atoms with Crippen LogP contribution in [0.4, 0.5) is 0 Å². The second kappa shape index (κ2) is 7.69. The van der Waals surface area contributed by atoms with E-state index in [1.54, 1.807) is 11.8 Å². The van der Waals surface area contributed by atoms with Crippen LogP contribution < -0.4 is 0 Å². The maximum atomic E-state index is 9.72. The number of phenols is 1. The Balaban J connectivity index is 3.11. The van der Waals surface area contributed by atoms with Gasteiger partial charge in [-0.05, 0) is 24.7 Å². The fraction of sp³-hybridized carbons (Fsp3) is 0.571. The SMILES string of the molecule is CCC(CC)(CC)CSc1c(Cl)c(Cl)c(O)c(Cl)c1Cl. The van der Waals surface area contributed by atoms with E-state index >= 15 is 0 Å². The molecule has 0 aliphatic rings. The standard InChI is InChI=1S/C14H18Cl4OS/c1-4-14(5-2,6-3)7-20-13-10(17)8(15)12(19)9(16)11(13)18/h19H,4-7H2,1-3H3. The molecular weight excluding hydrogens is 358 g/mol. The summed E-state index contributed by atoms with van der Waals surface area (Å²) < 4.78 is 0. The van der Waals surface area contributed by atoms with Crippen LogP contribution in [0.2, 0.25) is 20.1 Å². The maximum Gasteiger partial charge on any atom is 0.155 e. The molecule has 0 spiro atoms. The maximum absolute atomic E-state index is 9.72. The molecule has 0 unspecified atom stereocenters. The fourth-order valence-corrected chi connectivity index (χ4v) is 4.81. The van der Waals surface area contributed by atoms with Gasteiger partial charge in [0.05, 0.1) is 10.0 Å². The van der Waals surface area contributed by atoms with Crippen LogP contribution in [0.5, 0.6) is 5.75 Å². The Morgan fingerprint density at radius 3 is 1.60 bits per heavy atom. The molecule has 1 rings (SSSR count). The summed E-state index contributed by atoms with van der Waals surface area (Å²) in [5, 5.41) is 10.4. The Morgan fingerprint density at radius 2 is 1.25 bits per heavy atom. The molecule has 1 aromatic carbocycles. The van der Waals surface area contributed by atoms with Crippen LogP contribution in [0.25, 0.3) is 0 Å². The first-order valence-corrected chi connectivity index (χ1v) is 9.01. The molecule has 0 aliphatic heterocycles. The van der Waals surface area contributed by atoms with E-state index in [1.165, 1.54) is 0 Å². The van der Waals surface area contributed by atoms with Gasteiger partial charge in [-0.3, -0.25) is 0 Å². The van der Waals surface area contributed by atoms with Crippen LogP contribution in [0.15, 0.2) is 4.90 Å². The van der Waals surface area contributed by atoms with Gasteiger partial charge in [-0.15, -0.1) is 11.8 Å². The van der Waals surface area contributed by atoms with E-state index in [9.17, 15) is 5.11 Å². The van der Waals surface area contributed by atoms with E-state index in [-0.39, 0.29) is 31.3 Å². The molecule has 0 heterocycles. The summed E-state index contributed by atoms with van der Waals surface area (Å²) >= 11 is 25.9. The Morgan fingerprint density at radius 1 is 0.850 bits per heavy atom. The van der Waals surface area contributed by atoms with Crippen LogP contribution >= 0.6 is 58.2 Å². The van der Waals surface area contributed by atoms with Crippen molar-refractivity contribution in [2.75, 3.05) is 5.75 Å². The number of rotatable bonds is 6. The quantitative estimate of drug-likeness (QED) is 0.415. The van der Waals surface area contributed by atoms with E-state index < -0.39 is 0 Å². The molecule has 1 nitrogen and oxygen atoms in total. The predicted octanol–water partition coefficient (Wildman–Crippen LogP) is 7.31. The average molecular weight is 376 g/mol. The van der Waals surface area contributed by atoms with E-state index in [1.807, 2.05) is 0 Å². The second-order valence-electron chi connectivity index (χ2n) is 4.78. The minimum Gasteiger partial charge on any atom is -0.505 e. The minimum absolute atomic E-state index is 0.0543. The van der Waals surface area contributed by atoms with Gasteiger partial charge in [0, 0.05) is 10.6 Å². The highest BCUT2D eigenvalue weighted by atomic mass is 35.5. The number of aromatic hydroxyl groups is 1. The third kappa shape index (κ3) is 3.64. The summed E-state index contributed by atoms with van der Waals surface area (Å²) in [7, 11) is 0. The van der Waals surface area contributed by atoms with Gasteiger partial charge in [0.25, 0.3) is 0 Å². The molecule has 0 aliphatic carbocycles. The Hall–Kier alpha value is 0.530. The summed E-state index contributed by atoms with van der Waals surface area (Å²) in [6.45, 7) is 6.56. The number of phenolic OH excluding ortho intramolecular Hbond substituents is 1. The molecular formula is C14H18Cl4OS. The van der Waals surface area contributed by atoms with Crippen molar-refractivity contribution < 1.29 is 5.11 Å². The molecule has 0 bridgehead atoms. The minimum atomic E-state index is -0.263. The first-order valence-electron chi connectivity index (χ1n) is 6.51. The van der Waals surface area contributed by atoms with Crippen molar-refractivity contribution in [1.29, 1.82) is 0 Å². The van der Waals surface area contributed by atoms with E-state index in [0.717, 1.165) is 25.0 Å². The van der Waals surface area contributed by atoms with Crippen LogP contribution in [0.1, 0.15) is 40.0 Å². The highest BCUT2D eigenvalue weighted by Gasteiger charge is 2.27. The molecule has 0 saturated carbocycles. The normalized spacial score (nSPS) is 11.9. The zero-order valence-electron chi connectivity index (χ0n) is 11.7. The lowest BCUT2D eigenvalue weighted by molar-refractivity contribution is 0.295. The molecule has 114 valence electrons. The first-order chi connectivity index (χ1) is 9.33. The van der Waals surface area contributed by atoms with Gasteiger partial charge in [0.2, 0.25) is 0 Å². The van der Waals surface area contributed by atoms with Gasteiger partial charge in [0.1, 0.15) is 10.0 Å². The van der Waals surface area contributed by atoms with Gasteiger partial charge in [-0.2, -0.15) is 0 Å². The van der Waals surface area contributed by atoms with Crippen LogP contribution in [0.3, 0.4) is 0 Å². The summed E-state index contributed by atoms with van der Waals surface area (Å²) in [5.41, 5.74) is 0.244. The summed E-state index contributed by atoms with van der Waals surface area (Å²) in [6.07, 6.45) is 3.26. The lowest BCUT2D eigenvalue weighted by atomic mass is 9.82. The molecule has 6 heteroatoms. The molecule has 0 atom stereocenters. The van der Waals surface area contributed by atoms with Gasteiger partial charge < -0.3 is 5.11 Å². The number of benzene rings is 1. The van der Waals surface area contributed by atoms with E-state index in [4.69, 9.17) is 46.4 Å². The lowest BCUT2D eigenvalue weighted by Crippen LogP contribution is -2.20. The molecule has 1 aromatic rings. The van der Waals surface area contributed by atoms with Crippen LogP contribution in [0, 0.1) is 5.41 Å². The first kappa shape index (κ1) is 18.6. The fourth-order valence-electron chi connectivity index (χ4n) is 2.01.